The molecule has 6 rings (SSSR count). The van der Waals surface area contributed by atoms with Crippen molar-refractivity contribution in [2.45, 2.75) is 25.4 Å². The van der Waals surface area contributed by atoms with Crippen molar-refractivity contribution in [2.24, 2.45) is 0 Å². The molecule has 0 radical (unpaired) electrons. The number of carbonyl (C=O) groups is 1. The molecule has 4 heterocycles. The molecule has 1 atom stereocenters. The van der Waals surface area contributed by atoms with Crippen LogP contribution in [0.5, 0.6) is 11.5 Å². The van der Waals surface area contributed by atoms with Crippen molar-refractivity contribution in [2.75, 3.05) is 32.1 Å². The first-order chi connectivity index (χ1) is 21.6. The molecule has 0 saturated carbocycles. The molecular formula is C31H29F2N7O5. The molecule has 1 saturated heterocycles. The Hall–Kier alpha value is -5.21. The van der Waals surface area contributed by atoms with Gasteiger partial charge in [0.15, 0.2) is 28.8 Å². The minimum absolute atomic E-state index is 0.123. The standard InChI is InChI=1S/C31H29F2N7O5/c1-17(16-41)35-29-27-26(9-10-34-28(27)36-37-29)45-25-8-3-18(11-23(25)33)12-24(42)22-15-39(21-13-38(2)14-21)31(44)40(30(22)43)20-6-4-19(32)5-7-20/h3-11,15,17,21,41H,12-14,16H2,1-2H3,(H2,34,35,36,37)/t17-/m1/s1. The number of Topliss-reactive ketones (excluding diaryl/α,β-unsaturated/α-hetero) is 1. The zero-order valence-corrected chi connectivity index (χ0v) is 24.3. The van der Waals surface area contributed by atoms with Crippen molar-refractivity contribution in [1.29, 1.82) is 0 Å². The molecule has 2 aromatic carbocycles. The number of aromatic amines is 1. The van der Waals surface area contributed by atoms with Crippen LogP contribution in [0.4, 0.5) is 14.6 Å². The quantitative estimate of drug-likeness (QED) is 0.201. The van der Waals surface area contributed by atoms with Crippen LogP contribution >= 0.6 is 0 Å². The number of benzene rings is 2. The molecule has 3 aromatic heterocycles. The monoisotopic (exact) mass is 617 g/mol. The lowest BCUT2D eigenvalue weighted by Gasteiger charge is -2.37. The third-order valence-electron chi connectivity index (χ3n) is 7.60. The average molecular weight is 618 g/mol. The molecule has 12 nitrogen and oxygen atoms in total. The van der Waals surface area contributed by atoms with E-state index >= 15 is 4.39 Å². The Bertz CT molecular complexity index is 2020. The Kier molecular flexibility index (Phi) is 7.99. The van der Waals surface area contributed by atoms with Gasteiger partial charge in [0.05, 0.1) is 18.3 Å². The Morgan fingerprint density at radius 1 is 1.13 bits per heavy atom. The smallest absolute Gasteiger partial charge is 0.336 e. The molecule has 1 aliphatic heterocycles. The van der Waals surface area contributed by atoms with Gasteiger partial charge in [-0.05, 0) is 55.9 Å². The van der Waals surface area contributed by atoms with E-state index in [0.717, 1.165) is 22.8 Å². The van der Waals surface area contributed by atoms with Crippen molar-refractivity contribution in [1.82, 2.24) is 29.2 Å². The van der Waals surface area contributed by atoms with E-state index in [0.29, 0.717) is 29.9 Å². The predicted molar refractivity (Wildman–Crippen MR) is 161 cm³/mol. The van der Waals surface area contributed by atoms with Crippen LogP contribution in [0.3, 0.4) is 0 Å². The maximum Gasteiger partial charge on any atom is 0.336 e. The molecule has 0 aliphatic carbocycles. The fourth-order valence-corrected chi connectivity index (χ4v) is 5.21. The minimum Gasteiger partial charge on any atom is -0.453 e. The van der Waals surface area contributed by atoms with Gasteiger partial charge in [0.25, 0.3) is 5.56 Å². The molecule has 0 amide bonds. The first-order valence-corrected chi connectivity index (χ1v) is 14.2. The summed E-state index contributed by atoms with van der Waals surface area (Å²) in [5.74, 6) is -1.40. The van der Waals surface area contributed by atoms with Crippen LogP contribution in [0.15, 0.2) is 70.5 Å². The van der Waals surface area contributed by atoms with Gasteiger partial charge in [-0.2, -0.15) is 5.10 Å². The summed E-state index contributed by atoms with van der Waals surface area (Å²) in [6, 6.07) is 9.84. The van der Waals surface area contributed by atoms with Crippen molar-refractivity contribution in [3.63, 3.8) is 0 Å². The molecule has 14 heteroatoms. The van der Waals surface area contributed by atoms with E-state index in [9.17, 15) is 23.9 Å². The van der Waals surface area contributed by atoms with E-state index in [4.69, 9.17) is 4.74 Å². The third-order valence-corrected chi connectivity index (χ3v) is 7.60. The number of likely N-dealkylation sites (tertiary alicyclic amines) is 1. The van der Waals surface area contributed by atoms with Crippen LogP contribution < -0.4 is 21.3 Å². The number of likely N-dealkylation sites (N-methyl/N-ethyl adjacent to an activating group) is 1. The van der Waals surface area contributed by atoms with Gasteiger partial charge in [0.1, 0.15) is 22.5 Å². The number of rotatable bonds is 10. The largest absolute Gasteiger partial charge is 0.453 e. The molecule has 0 spiro atoms. The highest BCUT2D eigenvalue weighted by Crippen LogP contribution is 2.34. The molecule has 45 heavy (non-hydrogen) atoms. The first-order valence-electron chi connectivity index (χ1n) is 14.2. The topological polar surface area (TPSA) is 147 Å². The van der Waals surface area contributed by atoms with Crippen LogP contribution in [0, 0.1) is 11.6 Å². The van der Waals surface area contributed by atoms with E-state index in [1.165, 1.54) is 41.2 Å². The van der Waals surface area contributed by atoms with Crippen LogP contribution in [-0.4, -0.2) is 72.9 Å². The third kappa shape index (κ3) is 5.84. The number of hydrogen-bond donors (Lipinski definition) is 3. The molecule has 1 aliphatic rings. The molecule has 1 fully saturated rings. The first kappa shape index (κ1) is 29.8. The number of anilines is 1. The number of fused-ring (bicyclic) bond motifs is 1. The number of aliphatic hydroxyl groups excluding tert-OH is 1. The number of hydrogen-bond acceptors (Lipinski definition) is 9. The highest BCUT2D eigenvalue weighted by molar-refractivity contribution is 5.97. The van der Waals surface area contributed by atoms with Gasteiger partial charge in [0.2, 0.25) is 0 Å². The molecule has 3 N–H and O–H groups in total. The number of ether oxygens (including phenoxy) is 1. The summed E-state index contributed by atoms with van der Waals surface area (Å²) in [6.45, 7) is 2.71. The van der Waals surface area contributed by atoms with Gasteiger partial charge in [0, 0.05) is 44.0 Å². The second-order valence-electron chi connectivity index (χ2n) is 11.0. The number of aliphatic hydroxyl groups is 1. The van der Waals surface area contributed by atoms with Crippen LogP contribution in [0.2, 0.25) is 0 Å². The molecule has 232 valence electrons. The van der Waals surface area contributed by atoms with Gasteiger partial charge in [-0.1, -0.05) is 6.07 Å². The van der Waals surface area contributed by atoms with E-state index in [2.05, 4.69) is 20.5 Å². The summed E-state index contributed by atoms with van der Waals surface area (Å²) in [7, 11) is 1.88. The maximum atomic E-state index is 15.3. The van der Waals surface area contributed by atoms with Crippen molar-refractivity contribution >= 4 is 22.6 Å². The number of halogens is 2. The van der Waals surface area contributed by atoms with E-state index in [1.54, 1.807) is 13.0 Å². The zero-order chi connectivity index (χ0) is 31.8. The Labute approximate surface area is 254 Å². The Morgan fingerprint density at radius 3 is 2.58 bits per heavy atom. The molecule has 0 unspecified atom stereocenters. The summed E-state index contributed by atoms with van der Waals surface area (Å²) in [4.78, 5) is 46.5. The fraction of sp³-hybridized carbons (Fsp3) is 0.258. The van der Waals surface area contributed by atoms with Crippen LogP contribution in [0.25, 0.3) is 16.7 Å². The van der Waals surface area contributed by atoms with Crippen LogP contribution in [-0.2, 0) is 6.42 Å². The molecular weight excluding hydrogens is 588 g/mol. The summed E-state index contributed by atoms with van der Waals surface area (Å²) in [6.07, 6.45) is 2.41. The highest BCUT2D eigenvalue weighted by atomic mass is 19.1. The number of nitrogens with one attached hydrogen (secondary N) is 2. The lowest BCUT2D eigenvalue weighted by Crippen LogP contribution is -2.51. The molecule has 5 aromatic rings. The zero-order valence-electron chi connectivity index (χ0n) is 24.3. The van der Waals surface area contributed by atoms with Gasteiger partial charge >= 0.3 is 5.69 Å². The second-order valence-corrected chi connectivity index (χ2v) is 11.0. The maximum absolute atomic E-state index is 15.3. The van der Waals surface area contributed by atoms with Gasteiger partial charge in [-0.25, -0.2) is 23.1 Å². The Balaban J connectivity index is 1.29. The van der Waals surface area contributed by atoms with Crippen molar-refractivity contribution in [3.8, 4) is 17.2 Å². The lowest BCUT2D eigenvalue weighted by atomic mass is 10.0. The fourth-order valence-electron chi connectivity index (χ4n) is 5.21. The van der Waals surface area contributed by atoms with E-state index < -0.39 is 28.7 Å². The number of carbonyl (C=O) groups excluding carboxylic acids is 1. The van der Waals surface area contributed by atoms with Crippen molar-refractivity contribution < 1.29 is 23.4 Å². The number of H-pyrrole nitrogens is 1. The van der Waals surface area contributed by atoms with Gasteiger partial charge in [-0.15, -0.1) is 0 Å². The minimum atomic E-state index is -0.845. The number of aromatic nitrogens is 5. The molecule has 0 bridgehead atoms. The van der Waals surface area contributed by atoms with Crippen LogP contribution in [0.1, 0.15) is 28.9 Å². The van der Waals surface area contributed by atoms with Crippen molar-refractivity contribution in [3.05, 3.63) is 105 Å². The highest BCUT2D eigenvalue weighted by Gasteiger charge is 2.29. The summed E-state index contributed by atoms with van der Waals surface area (Å²) < 4.78 is 37.0. The summed E-state index contributed by atoms with van der Waals surface area (Å²) in [5.41, 5.74) is -0.930. The Morgan fingerprint density at radius 2 is 1.89 bits per heavy atom. The normalized spacial score (nSPS) is 14.3. The summed E-state index contributed by atoms with van der Waals surface area (Å²) in [5, 5.41) is 19.8. The number of pyridine rings is 1. The summed E-state index contributed by atoms with van der Waals surface area (Å²) >= 11 is 0. The van der Waals surface area contributed by atoms with E-state index in [-0.39, 0.29) is 53.4 Å². The van der Waals surface area contributed by atoms with Gasteiger partial charge in [-0.3, -0.25) is 19.3 Å². The lowest BCUT2D eigenvalue weighted by molar-refractivity contribution is 0.0986. The second kappa shape index (κ2) is 12.1. The number of nitrogens with zero attached hydrogens (tertiary/aromatic N) is 5. The average Bonchev–Trinajstić information content (AvgIpc) is 3.41. The van der Waals surface area contributed by atoms with E-state index in [1.807, 2.05) is 11.9 Å². The SMILES string of the molecule is C[C@H](CO)Nc1n[nH]c2nccc(Oc3ccc(CC(=O)c4cn(C5CN(C)C5)c(=O)n(-c5ccc(F)cc5)c4=O)cc3F)c12. The predicted octanol–water partition coefficient (Wildman–Crippen LogP) is 3.05. The number of ketones is 1. The van der Waals surface area contributed by atoms with Gasteiger partial charge < -0.3 is 20.1 Å².